The van der Waals surface area contributed by atoms with E-state index in [4.69, 9.17) is 10.5 Å². The Hall–Kier alpha value is -1.36. The van der Waals surface area contributed by atoms with Crippen molar-refractivity contribution in [2.75, 3.05) is 5.73 Å². The molecule has 4 aliphatic rings. The fourth-order valence-electron chi connectivity index (χ4n) is 4.84. The molecule has 0 atom stereocenters. The second kappa shape index (κ2) is 4.58. The Morgan fingerprint density at radius 3 is 2.45 bits per heavy atom. The van der Waals surface area contributed by atoms with E-state index in [0.717, 1.165) is 23.7 Å². The monoisotopic (exact) mass is 275 g/mol. The smallest absolute Gasteiger partial charge is 0.274 e. The summed E-state index contributed by atoms with van der Waals surface area (Å²) in [5.41, 5.74) is 5.36. The molecule has 4 saturated carbocycles. The highest BCUT2D eigenvalue weighted by atomic mass is 16.5. The van der Waals surface area contributed by atoms with Gasteiger partial charge in [0.2, 0.25) is 0 Å². The second-order valence-electron chi connectivity index (χ2n) is 6.82. The number of nitrogen functional groups attached to an aromatic ring is 1. The maximum Gasteiger partial charge on any atom is 0.274 e. The molecule has 4 aliphatic carbocycles. The van der Waals surface area contributed by atoms with Gasteiger partial charge in [-0.1, -0.05) is 0 Å². The zero-order valence-electron chi connectivity index (χ0n) is 11.5. The third-order valence-electron chi connectivity index (χ3n) is 5.43. The Bertz CT molecular complexity index is 540. The van der Waals surface area contributed by atoms with E-state index in [0.29, 0.717) is 18.5 Å². The molecule has 4 fully saturated rings. The van der Waals surface area contributed by atoms with E-state index < -0.39 is 0 Å². The zero-order chi connectivity index (χ0) is 13.7. The molecule has 1 aromatic rings. The minimum atomic E-state index is -0.274. The molecule has 0 radical (unpaired) electrons. The minimum Gasteiger partial charge on any atom is -0.393 e. The van der Waals surface area contributed by atoms with E-state index in [9.17, 15) is 4.79 Å². The summed E-state index contributed by atoms with van der Waals surface area (Å²) in [4.78, 5) is 18.3. The summed E-state index contributed by atoms with van der Waals surface area (Å²) in [6, 6.07) is 0. The Morgan fingerprint density at radius 2 is 1.85 bits per heavy atom. The molecule has 108 valence electrons. The first-order valence-electron chi connectivity index (χ1n) is 7.64. The number of nitrogens with two attached hydrogens (primary N) is 1. The van der Waals surface area contributed by atoms with Crippen molar-refractivity contribution < 1.29 is 4.74 Å². The Labute approximate surface area is 117 Å². The minimum absolute atomic E-state index is 0.156. The summed E-state index contributed by atoms with van der Waals surface area (Å²) in [6.07, 6.45) is 8.58. The summed E-state index contributed by atoms with van der Waals surface area (Å²) in [5.74, 6) is 3.94. The van der Waals surface area contributed by atoms with Crippen molar-refractivity contribution in [3.05, 3.63) is 22.4 Å². The van der Waals surface area contributed by atoms with Crippen LogP contribution in [0, 0.1) is 23.7 Å². The van der Waals surface area contributed by atoms with Crippen molar-refractivity contribution in [2.24, 2.45) is 23.7 Å². The Morgan fingerprint density at radius 1 is 1.20 bits per heavy atom. The van der Waals surface area contributed by atoms with Crippen LogP contribution in [-0.4, -0.2) is 16.1 Å². The molecular weight excluding hydrogens is 254 g/mol. The normalized spacial score (nSPS) is 38.3. The number of hydrogen-bond donors (Lipinski definition) is 2. The van der Waals surface area contributed by atoms with Crippen LogP contribution in [0.15, 0.2) is 11.0 Å². The maximum atomic E-state index is 11.5. The lowest BCUT2D eigenvalue weighted by molar-refractivity contribution is -0.133. The first-order chi connectivity index (χ1) is 9.69. The van der Waals surface area contributed by atoms with E-state index in [-0.39, 0.29) is 11.2 Å². The van der Waals surface area contributed by atoms with Crippen LogP contribution < -0.4 is 11.3 Å². The molecular formula is C15H21N3O2. The number of anilines is 1. The van der Waals surface area contributed by atoms with Gasteiger partial charge in [-0.3, -0.25) is 4.79 Å². The first-order valence-corrected chi connectivity index (χ1v) is 7.64. The second-order valence-corrected chi connectivity index (χ2v) is 6.82. The highest BCUT2D eigenvalue weighted by molar-refractivity contribution is 5.30. The lowest BCUT2D eigenvalue weighted by Crippen LogP contribution is -2.49. The molecule has 1 heterocycles. The summed E-state index contributed by atoms with van der Waals surface area (Å²) in [7, 11) is 0. The highest BCUT2D eigenvalue weighted by Gasteiger charge is 2.48. The third-order valence-corrected chi connectivity index (χ3v) is 5.43. The molecule has 0 spiro atoms. The molecule has 0 aromatic carbocycles. The molecule has 0 unspecified atom stereocenters. The predicted molar refractivity (Wildman–Crippen MR) is 74.9 cm³/mol. The number of aromatic nitrogens is 2. The standard InChI is InChI=1S/C15H21N3O2/c16-12-6-17-13(18-15(12)19)7-20-14-10-2-8-1-9(4-10)5-11(14)3-8/h6,8-11,14H,1-5,7,16H2,(H,17,18,19). The van der Waals surface area contributed by atoms with Crippen molar-refractivity contribution in [3.63, 3.8) is 0 Å². The van der Waals surface area contributed by atoms with Gasteiger partial charge in [0.05, 0.1) is 12.3 Å². The number of ether oxygens (including phenoxy) is 1. The molecule has 1 aromatic heterocycles. The van der Waals surface area contributed by atoms with Gasteiger partial charge in [-0.2, -0.15) is 0 Å². The fraction of sp³-hybridized carbons (Fsp3) is 0.733. The lowest BCUT2D eigenvalue weighted by Gasteiger charge is -2.53. The van der Waals surface area contributed by atoms with Gasteiger partial charge >= 0.3 is 0 Å². The number of hydrogen-bond acceptors (Lipinski definition) is 4. The number of nitrogens with zero attached hydrogens (tertiary/aromatic N) is 1. The van der Waals surface area contributed by atoms with Crippen molar-refractivity contribution in [1.82, 2.24) is 9.97 Å². The summed E-state index contributed by atoms with van der Waals surface area (Å²) in [6.45, 7) is 0.391. The SMILES string of the molecule is Nc1cnc(COC2C3CC4CC(C3)CC2C4)[nH]c1=O. The van der Waals surface area contributed by atoms with Crippen molar-refractivity contribution in [3.8, 4) is 0 Å². The zero-order valence-corrected chi connectivity index (χ0v) is 11.5. The van der Waals surface area contributed by atoms with E-state index in [2.05, 4.69) is 9.97 Å². The van der Waals surface area contributed by atoms with E-state index >= 15 is 0 Å². The molecule has 5 heteroatoms. The van der Waals surface area contributed by atoms with E-state index in [1.807, 2.05) is 0 Å². The molecule has 5 nitrogen and oxygen atoms in total. The topological polar surface area (TPSA) is 81.0 Å². The van der Waals surface area contributed by atoms with E-state index in [1.54, 1.807) is 0 Å². The Balaban J connectivity index is 1.44. The quantitative estimate of drug-likeness (QED) is 0.879. The molecule has 3 N–H and O–H groups in total. The van der Waals surface area contributed by atoms with Crippen LogP contribution in [0.4, 0.5) is 5.69 Å². The molecule has 0 saturated heterocycles. The van der Waals surface area contributed by atoms with Crippen LogP contribution in [0.1, 0.15) is 37.9 Å². The molecule has 20 heavy (non-hydrogen) atoms. The number of nitrogens with one attached hydrogen (secondary N) is 1. The summed E-state index contributed by atoms with van der Waals surface area (Å²) in [5, 5.41) is 0. The van der Waals surface area contributed by atoms with Gasteiger partial charge in [0.25, 0.3) is 5.56 Å². The molecule has 4 bridgehead atoms. The van der Waals surface area contributed by atoms with Crippen LogP contribution in [0.2, 0.25) is 0 Å². The fourth-order valence-corrected chi connectivity index (χ4v) is 4.84. The van der Waals surface area contributed by atoms with Crippen LogP contribution in [0.5, 0.6) is 0 Å². The van der Waals surface area contributed by atoms with Gasteiger partial charge < -0.3 is 15.5 Å². The van der Waals surface area contributed by atoms with E-state index in [1.165, 1.54) is 38.3 Å². The Kier molecular flexibility index (Phi) is 2.84. The van der Waals surface area contributed by atoms with Gasteiger partial charge in [-0.15, -0.1) is 0 Å². The van der Waals surface area contributed by atoms with Gasteiger partial charge in [-0.25, -0.2) is 4.98 Å². The van der Waals surface area contributed by atoms with Gasteiger partial charge in [0.15, 0.2) is 0 Å². The highest BCUT2D eigenvalue weighted by Crippen LogP contribution is 2.54. The van der Waals surface area contributed by atoms with Crippen LogP contribution in [0.25, 0.3) is 0 Å². The lowest BCUT2D eigenvalue weighted by atomic mass is 9.55. The van der Waals surface area contributed by atoms with Crippen molar-refractivity contribution in [2.45, 2.75) is 44.8 Å². The van der Waals surface area contributed by atoms with Gasteiger partial charge in [-0.05, 0) is 55.8 Å². The number of aromatic amines is 1. The van der Waals surface area contributed by atoms with Crippen LogP contribution >= 0.6 is 0 Å². The summed E-state index contributed by atoms with van der Waals surface area (Å²) < 4.78 is 6.13. The van der Waals surface area contributed by atoms with Gasteiger partial charge in [0.1, 0.15) is 18.1 Å². The van der Waals surface area contributed by atoms with Crippen molar-refractivity contribution in [1.29, 1.82) is 0 Å². The summed E-state index contributed by atoms with van der Waals surface area (Å²) >= 11 is 0. The maximum absolute atomic E-state index is 11.5. The van der Waals surface area contributed by atoms with Gasteiger partial charge in [0, 0.05) is 0 Å². The van der Waals surface area contributed by atoms with Crippen LogP contribution in [0.3, 0.4) is 0 Å². The van der Waals surface area contributed by atoms with Crippen LogP contribution in [-0.2, 0) is 11.3 Å². The predicted octanol–water partition coefficient (Wildman–Crippen LogP) is 1.69. The third kappa shape index (κ3) is 2.04. The van der Waals surface area contributed by atoms with Crippen molar-refractivity contribution >= 4 is 5.69 Å². The average Bonchev–Trinajstić information content (AvgIpc) is 2.41. The molecule has 0 amide bonds. The molecule has 5 rings (SSSR count). The first kappa shape index (κ1) is 12.4. The average molecular weight is 275 g/mol. The largest absolute Gasteiger partial charge is 0.393 e. The number of H-pyrrole nitrogens is 1. The number of rotatable bonds is 3. The molecule has 0 aliphatic heterocycles.